The van der Waals surface area contributed by atoms with Crippen molar-refractivity contribution in [3.05, 3.63) is 47.3 Å². The van der Waals surface area contributed by atoms with Crippen LogP contribution in [0.25, 0.3) is 0 Å². The molecule has 1 aliphatic rings. The first kappa shape index (κ1) is 12.9. The molecular formula is C16H19N3O. The summed E-state index contributed by atoms with van der Waals surface area (Å²) in [6.07, 6.45) is 2.81. The predicted octanol–water partition coefficient (Wildman–Crippen LogP) is 2.79. The van der Waals surface area contributed by atoms with Crippen molar-refractivity contribution in [1.82, 2.24) is 10.3 Å². The molecule has 0 atom stereocenters. The summed E-state index contributed by atoms with van der Waals surface area (Å²) in [7, 11) is 1.67. The van der Waals surface area contributed by atoms with Crippen LogP contribution in [0.4, 0.5) is 11.4 Å². The van der Waals surface area contributed by atoms with E-state index < -0.39 is 0 Å². The summed E-state index contributed by atoms with van der Waals surface area (Å²) in [6.45, 7) is 3.95. The number of anilines is 2. The van der Waals surface area contributed by atoms with E-state index in [2.05, 4.69) is 33.8 Å². The third-order valence-corrected chi connectivity index (χ3v) is 3.63. The monoisotopic (exact) mass is 269 g/mol. The highest BCUT2D eigenvalue weighted by molar-refractivity contribution is 5.69. The normalized spacial score (nSPS) is 13.7. The highest BCUT2D eigenvalue weighted by Gasteiger charge is 2.13. The molecule has 0 unspecified atom stereocenters. The number of pyridine rings is 1. The van der Waals surface area contributed by atoms with Gasteiger partial charge in [0.05, 0.1) is 19.0 Å². The molecule has 0 spiro atoms. The number of hydrogen-bond donors (Lipinski definition) is 2. The number of rotatable bonds is 3. The molecule has 0 aliphatic carbocycles. The fourth-order valence-electron chi connectivity index (χ4n) is 2.60. The lowest BCUT2D eigenvalue weighted by atomic mass is 9.99. The summed E-state index contributed by atoms with van der Waals surface area (Å²) in [5.74, 6) is 0.766. The van der Waals surface area contributed by atoms with Crippen molar-refractivity contribution in [3.8, 4) is 5.75 Å². The summed E-state index contributed by atoms with van der Waals surface area (Å²) < 4.78 is 5.38. The molecule has 2 heterocycles. The molecular weight excluding hydrogens is 250 g/mol. The Morgan fingerprint density at radius 3 is 3.05 bits per heavy atom. The zero-order chi connectivity index (χ0) is 13.9. The van der Waals surface area contributed by atoms with Crippen LogP contribution in [-0.4, -0.2) is 18.6 Å². The number of ether oxygens (including phenoxy) is 1. The summed E-state index contributed by atoms with van der Waals surface area (Å²) in [6, 6.07) is 8.41. The van der Waals surface area contributed by atoms with E-state index in [1.54, 1.807) is 13.3 Å². The van der Waals surface area contributed by atoms with E-state index >= 15 is 0 Å². The van der Waals surface area contributed by atoms with Gasteiger partial charge in [0.2, 0.25) is 0 Å². The van der Waals surface area contributed by atoms with E-state index in [9.17, 15) is 0 Å². The minimum absolute atomic E-state index is 0.766. The molecule has 4 heteroatoms. The second kappa shape index (κ2) is 5.51. The van der Waals surface area contributed by atoms with Crippen molar-refractivity contribution >= 4 is 11.4 Å². The molecule has 1 aromatic heterocycles. The number of hydrogen-bond acceptors (Lipinski definition) is 4. The van der Waals surface area contributed by atoms with E-state index in [4.69, 9.17) is 4.74 Å². The number of methoxy groups -OCH3 is 1. The Kier molecular flexibility index (Phi) is 3.56. The fraction of sp³-hybridized carbons (Fsp3) is 0.312. The average Bonchev–Trinajstić information content (AvgIpc) is 2.48. The summed E-state index contributed by atoms with van der Waals surface area (Å²) >= 11 is 0. The number of aromatic nitrogens is 1. The molecule has 4 nitrogen and oxygen atoms in total. The molecule has 1 aromatic carbocycles. The number of fused-ring (bicyclic) bond motifs is 1. The van der Waals surface area contributed by atoms with Crippen LogP contribution < -0.4 is 15.4 Å². The Bertz CT molecular complexity index is 625. The number of aryl methyl sites for hydroxylation is 1. The molecule has 2 aromatic rings. The highest BCUT2D eigenvalue weighted by Crippen LogP contribution is 2.31. The molecule has 0 saturated carbocycles. The zero-order valence-corrected chi connectivity index (χ0v) is 11.9. The van der Waals surface area contributed by atoms with Crippen molar-refractivity contribution < 1.29 is 4.74 Å². The van der Waals surface area contributed by atoms with Crippen LogP contribution in [-0.2, 0) is 13.0 Å². The Morgan fingerprint density at radius 2 is 2.20 bits per heavy atom. The van der Waals surface area contributed by atoms with E-state index in [-0.39, 0.29) is 0 Å². The van der Waals surface area contributed by atoms with Crippen molar-refractivity contribution in [2.24, 2.45) is 0 Å². The van der Waals surface area contributed by atoms with Gasteiger partial charge in [0.1, 0.15) is 0 Å². The first-order chi connectivity index (χ1) is 9.78. The van der Waals surface area contributed by atoms with Gasteiger partial charge in [-0.1, -0.05) is 12.1 Å². The van der Waals surface area contributed by atoms with Gasteiger partial charge >= 0.3 is 0 Å². The van der Waals surface area contributed by atoms with E-state index in [0.717, 1.165) is 42.3 Å². The van der Waals surface area contributed by atoms with Crippen LogP contribution in [0.1, 0.15) is 16.8 Å². The maximum absolute atomic E-state index is 5.38. The van der Waals surface area contributed by atoms with E-state index in [0.29, 0.717) is 0 Å². The SMILES string of the molecule is COc1cnc(C)cc1Nc1cccc2c1CCNC2. The molecule has 1 aliphatic heterocycles. The molecule has 3 rings (SSSR count). The molecule has 0 bridgehead atoms. The average molecular weight is 269 g/mol. The number of nitrogens with zero attached hydrogens (tertiary/aromatic N) is 1. The summed E-state index contributed by atoms with van der Waals surface area (Å²) in [5, 5.41) is 6.90. The molecule has 0 fully saturated rings. The van der Waals surface area contributed by atoms with Crippen molar-refractivity contribution in [2.75, 3.05) is 19.0 Å². The molecule has 2 N–H and O–H groups in total. The maximum atomic E-state index is 5.38. The second-order valence-corrected chi connectivity index (χ2v) is 5.02. The minimum atomic E-state index is 0.766. The van der Waals surface area contributed by atoms with Crippen LogP contribution >= 0.6 is 0 Å². The van der Waals surface area contributed by atoms with Gasteiger partial charge in [0.15, 0.2) is 5.75 Å². The van der Waals surface area contributed by atoms with Gasteiger partial charge in [0, 0.05) is 17.9 Å². The maximum Gasteiger partial charge on any atom is 0.160 e. The van der Waals surface area contributed by atoms with Gasteiger partial charge in [-0.2, -0.15) is 0 Å². The molecule has 20 heavy (non-hydrogen) atoms. The van der Waals surface area contributed by atoms with E-state index in [1.165, 1.54) is 11.1 Å². The Hall–Kier alpha value is -2.07. The first-order valence-corrected chi connectivity index (χ1v) is 6.87. The van der Waals surface area contributed by atoms with Crippen molar-refractivity contribution in [2.45, 2.75) is 19.9 Å². The van der Waals surface area contributed by atoms with E-state index in [1.807, 2.05) is 13.0 Å². The number of nitrogens with one attached hydrogen (secondary N) is 2. The molecule has 0 amide bonds. The van der Waals surface area contributed by atoms with Gasteiger partial charge in [-0.25, -0.2) is 0 Å². The van der Waals surface area contributed by atoms with Crippen molar-refractivity contribution in [1.29, 1.82) is 0 Å². The van der Waals surface area contributed by atoms with Gasteiger partial charge in [-0.15, -0.1) is 0 Å². The van der Waals surface area contributed by atoms with Crippen LogP contribution in [0.15, 0.2) is 30.5 Å². The third kappa shape index (κ3) is 2.47. The van der Waals surface area contributed by atoms with Gasteiger partial charge in [-0.3, -0.25) is 4.98 Å². The lowest BCUT2D eigenvalue weighted by Gasteiger charge is -2.21. The Balaban J connectivity index is 1.97. The van der Waals surface area contributed by atoms with Gasteiger partial charge in [-0.05, 0) is 43.1 Å². The van der Waals surface area contributed by atoms with Crippen LogP contribution in [0.3, 0.4) is 0 Å². The Labute approximate surface area is 119 Å². The van der Waals surface area contributed by atoms with Gasteiger partial charge < -0.3 is 15.4 Å². The lowest BCUT2D eigenvalue weighted by Crippen LogP contribution is -2.24. The topological polar surface area (TPSA) is 46.2 Å². The van der Waals surface area contributed by atoms with Crippen molar-refractivity contribution in [3.63, 3.8) is 0 Å². The smallest absolute Gasteiger partial charge is 0.160 e. The number of benzene rings is 1. The van der Waals surface area contributed by atoms with Crippen LogP contribution in [0.2, 0.25) is 0 Å². The first-order valence-electron chi connectivity index (χ1n) is 6.87. The largest absolute Gasteiger partial charge is 0.493 e. The predicted molar refractivity (Wildman–Crippen MR) is 80.7 cm³/mol. The third-order valence-electron chi connectivity index (χ3n) is 3.63. The lowest BCUT2D eigenvalue weighted by molar-refractivity contribution is 0.414. The zero-order valence-electron chi connectivity index (χ0n) is 11.9. The molecule has 0 saturated heterocycles. The second-order valence-electron chi connectivity index (χ2n) is 5.02. The van der Waals surface area contributed by atoms with Crippen LogP contribution in [0, 0.1) is 6.92 Å². The quantitative estimate of drug-likeness (QED) is 0.899. The molecule has 104 valence electrons. The highest BCUT2D eigenvalue weighted by atomic mass is 16.5. The summed E-state index contributed by atoms with van der Waals surface area (Å²) in [5.41, 5.74) is 5.85. The molecule has 0 radical (unpaired) electrons. The minimum Gasteiger partial charge on any atom is -0.493 e. The fourth-order valence-corrected chi connectivity index (χ4v) is 2.60. The Morgan fingerprint density at radius 1 is 1.30 bits per heavy atom. The van der Waals surface area contributed by atoms with Gasteiger partial charge in [0.25, 0.3) is 0 Å². The van der Waals surface area contributed by atoms with Crippen LogP contribution in [0.5, 0.6) is 5.75 Å². The standard InChI is InChI=1S/C16H19N3O/c1-11-8-15(16(20-2)10-18-11)19-14-5-3-4-12-9-17-7-6-13(12)14/h3-5,8,10,17H,6-7,9H2,1-2H3,(H,18,19). The summed E-state index contributed by atoms with van der Waals surface area (Å²) in [4.78, 5) is 4.26.